The van der Waals surface area contributed by atoms with Crippen LogP contribution >= 0.6 is 34.8 Å². The molecule has 11 nitrogen and oxygen atoms in total. The van der Waals surface area contributed by atoms with Gasteiger partial charge in [0, 0.05) is 11.8 Å². The monoisotopic (exact) mass is 1000 g/mol. The van der Waals surface area contributed by atoms with Gasteiger partial charge in [0.15, 0.2) is 0 Å². The van der Waals surface area contributed by atoms with Crippen molar-refractivity contribution in [1.29, 1.82) is 0 Å². The van der Waals surface area contributed by atoms with Crippen molar-refractivity contribution in [2.24, 2.45) is 0 Å². The third-order valence-electron chi connectivity index (χ3n) is 6.87. The first-order chi connectivity index (χ1) is 29.3. The van der Waals surface area contributed by atoms with Crippen LogP contribution in [0.15, 0.2) is 66.7 Å². The molecular weight excluding hydrogens is 987 g/mol. The summed E-state index contributed by atoms with van der Waals surface area (Å²) < 4.78 is 216. The summed E-state index contributed by atoms with van der Waals surface area (Å²) >= 11 is 16.9. The normalized spacial score (nSPS) is 12.8. The Morgan fingerprint density at radius 3 is 1.42 bits per heavy atom. The average Bonchev–Trinajstić information content (AvgIpc) is 3.13. The average molecular weight is 1000 g/mol. The molecule has 2 atom stereocenters. The highest BCUT2D eigenvalue weighted by molar-refractivity contribution is 6.36. The van der Waals surface area contributed by atoms with Gasteiger partial charge in [-0.05, 0) is 48.5 Å². The standard InChI is InChI=1S/C17H8Cl2F8N2O3.C17H9ClF8N2O4/c18-6-5-11(32-17(26,27)14(22)16(23,24)25)7(19)4-10(6)28-15(31)29-13(30)12-8(20)2-1-3-9(12)21;18-8-6-7(4-5-11(8)31-16(22,23)14(21)32-17(24,25)26)27-15(30)28-13(29)12-9(19)2-1-3-10(12)20/h1-5,14H,(H2,28,29,30,31);1-6,14H,(H2,27,28,29,30). The van der Waals surface area contributed by atoms with E-state index in [1.807, 2.05) is 10.6 Å². The van der Waals surface area contributed by atoms with Crippen LogP contribution in [-0.2, 0) is 4.74 Å². The summed E-state index contributed by atoms with van der Waals surface area (Å²) in [7, 11) is 0. The molecule has 0 saturated carbocycles. The van der Waals surface area contributed by atoms with Crippen molar-refractivity contribution in [1.82, 2.24) is 10.6 Å². The highest BCUT2D eigenvalue weighted by Gasteiger charge is 2.59. The van der Waals surface area contributed by atoms with E-state index in [9.17, 15) is 89.4 Å². The molecule has 64 heavy (non-hydrogen) atoms. The highest BCUT2D eigenvalue weighted by atomic mass is 35.5. The zero-order chi connectivity index (χ0) is 48.7. The Labute approximate surface area is 359 Å². The maximum atomic E-state index is 13.6. The van der Waals surface area contributed by atoms with Gasteiger partial charge in [-0.1, -0.05) is 46.9 Å². The van der Waals surface area contributed by atoms with E-state index in [1.165, 1.54) is 0 Å². The molecule has 0 spiro atoms. The minimum Gasteiger partial charge on any atom is -0.428 e. The van der Waals surface area contributed by atoms with Crippen molar-refractivity contribution in [2.45, 2.75) is 37.3 Å². The van der Waals surface area contributed by atoms with Crippen LogP contribution < -0.4 is 30.7 Å². The van der Waals surface area contributed by atoms with Crippen LogP contribution in [-0.4, -0.2) is 61.2 Å². The molecular formula is C34H17Cl3F16N4O7. The van der Waals surface area contributed by atoms with Gasteiger partial charge in [-0.15, -0.1) is 13.2 Å². The smallest absolute Gasteiger partial charge is 0.428 e. The lowest BCUT2D eigenvalue weighted by atomic mass is 10.2. The number of amides is 6. The van der Waals surface area contributed by atoms with E-state index in [0.717, 1.165) is 48.5 Å². The maximum absolute atomic E-state index is 13.6. The van der Waals surface area contributed by atoms with E-state index in [1.54, 1.807) is 10.6 Å². The fourth-order valence-electron chi connectivity index (χ4n) is 4.21. The molecule has 0 aliphatic heterocycles. The van der Waals surface area contributed by atoms with Crippen LogP contribution in [0.2, 0.25) is 15.1 Å². The zero-order valence-corrected chi connectivity index (χ0v) is 32.3. The second-order valence-electron chi connectivity index (χ2n) is 11.5. The summed E-state index contributed by atoms with van der Waals surface area (Å²) in [5.74, 6) is -10.1. The van der Waals surface area contributed by atoms with Gasteiger partial charge in [0.1, 0.15) is 45.9 Å². The molecule has 0 bridgehead atoms. The number of ether oxygens (including phenoxy) is 3. The quantitative estimate of drug-likeness (QED) is 0.110. The molecule has 0 saturated heterocycles. The van der Waals surface area contributed by atoms with Crippen molar-refractivity contribution < 1.29 is 104 Å². The lowest BCUT2D eigenvalue weighted by Gasteiger charge is -2.24. The summed E-state index contributed by atoms with van der Waals surface area (Å²) in [4.78, 5) is 47.4. The van der Waals surface area contributed by atoms with Crippen molar-refractivity contribution in [3.05, 3.63) is 116 Å². The summed E-state index contributed by atoms with van der Waals surface area (Å²) in [5.41, 5.74) is -2.87. The first-order valence-electron chi connectivity index (χ1n) is 16.0. The predicted molar refractivity (Wildman–Crippen MR) is 188 cm³/mol. The largest absolute Gasteiger partial charge is 0.525 e. The number of hydrogen-bond acceptors (Lipinski definition) is 7. The number of alkyl halides is 12. The highest BCUT2D eigenvalue weighted by Crippen LogP contribution is 2.41. The Bertz CT molecular complexity index is 2350. The molecule has 4 N–H and O–H groups in total. The van der Waals surface area contributed by atoms with E-state index in [-0.39, 0.29) is 5.69 Å². The van der Waals surface area contributed by atoms with E-state index in [4.69, 9.17) is 34.8 Å². The van der Waals surface area contributed by atoms with Crippen molar-refractivity contribution >= 4 is 70.1 Å². The number of benzene rings is 4. The number of nitrogens with one attached hydrogen (secondary N) is 4. The summed E-state index contributed by atoms with van der Waals surface area (Å²) in [6.07, 6.45) is -31.0. The van der Waals surface area contributed by atoms with Crippen LogP contribution in [0.25, 0.3) is 0 Å². The number of carbonyl (C=O) groups excluding carboxylic acids is 4. The molecule has 4 aromatic carbocycles. The number of hydrogen-bond donors (Lipinski definition) is 4. The Morgan fingerprint density at radius 2 is 0.984 bits per heavy atom. The number of urea groups is 2. The lowest BCUT2D eigenvalue weighted by Crippen LogP contribution is -2.45. The van der Waals surface area contributed by atoms with Gasteiger partial charge in [0.05, 0.1) is 20.8 Å². The summed E-state index contributed by atoms with van der Waals surface area (Å²) in [6, 6.07) is 5.57. The molecule has 30 heteroatoms. The molecule has 0 aliphatic rings. The second kappa shape index (κ2) is 20.7. The number of anilines is 2. The molecule has 0 heterocycles. The van der Waals surface area contributed by atoms with E-state index in [2.05, 4.69) is 14.2 Å². The van der Waals surface area contributed by atoms with Crippen molar-refractivity contribution in [2.75, 3.05) is 10.6 Å². The van der Waals surface area contributed by atoms with Gasteiger partial charge < -0.3 is 20.1 Å². The fraction of sp³-hybridized carbons (Fsp3) is 0.176. The topological polar surface area (TPSA) is 144 Å². The molecule has 0 radical (unpaired) electrons. The molecule has 0 aromatic heterocycles. The van der Waals surface area contributed by atoms with Crippen LogP contribution in [0.4, 0.5) is 91.2 Å². The van der Waals surface area contributed by atoms with Gasteiger partial charge in [-0.3, -0.25) is 20.2 Å². The van der Waals surface area contributed by atoms with Gasteiger partial charge in [0.2, 0.25) is 0 Å². The maximum Gasteiger partial charge on any atom is 0.525 e. The molecule has 2 unspecified atom stereocenters. The molecule has 6 amide bonds. The Hall–Kier alpha value is -5.93. The van der Waals surface area contributed by atoms with Gasteiger partial charge in [-0.2, -0.15) is 30.7 Å². The Morgan fingerprint density at radius 1 is 0.547 bits per heavy atom. The van der Waals surface area contributed by atoms with E-state index >= 15 is 0 Å². The van der Waals surface area contributed by atoms with Crippen LogP contribution in [0.3, 0.4) is 0 Å². The second-order valence-corrected chi connectivity index (χ2v) is 12.8. The number of imide groups is 2. The molecule has 4 aromatic rings. The first kappa shape index (κ1) is 52.4. The fourth-order valence-corrected chi connectivity index (χ4v) is 4.83. The van der Waals surface area contributed by atoms with Crippen LogP contribution in [0, 0.1) is 23.3 Å². The minimum atomic E-state index is -5.94. The van der Waals surface area contributed by atoms with E-state index < -0.39 is 128 Å². The van der Waals surface area contributed by atoms with E-state index in [0.29, 0.717) is 18.2 Å². The number of carbonyl (C=O) groups is 4. The molecule has 0 aliphatic carbocycles. The predicted octanol–water partition coefficient (Wildman–Crippen LogP) is 11.5. The molecule has 0 fully saturated rings. The SMILES string of the molecule is O=C(NC(=O)c1c(F)cccc1F)Nc1cc(Cl)c(OC(F)(F)C(F)C(F)(F)F)cc1Cl.O=C(NC(=O)c1c(F)cccc1F)Nc1ccc(OC(F)(F)C(F)OC(F)(F)F)c(Cl)c1. The molecule has 4 rings (SSSR count). The summed E-state index contributed by atoms with van der Waals surface area (Å²) in [5, 5.41) is 4.85. The Balaban J connectivity index is 0.000000340. The van der Waals surface area contributed by atoms with Gasteiger partial charge >= 0.3 is 43.2 Å². The van der Waals surface area contributed by atoms with Crippen molar-refractivity contribution in [3.8, 4) is 11.5 Å². The summed E-state index contributed by atoms with van der Waals surface area (Å²) in [6.45, 7) is 0. The third kappa shape index (κ3) is 14.6. The number of rotatable bonds is 11. The lowest BCUT2D eigenvalue weighted by molar-refractivity contribution is -0.411. The third-order valence-corrected chi connectivity index (χ3v) is 7.77. The van der Waals surface area contributed by atoms with Crippen LogP contribution in [0.5, 0.6) is 11.5 Å². The minimum absolute atomic E-state index is 0.270. The first-order valence-corrected chi connectivity index (χ1v) is 17.1. The molecule has 348 valence electrons. The Kier molecular flexibility index (Phi) is 17.0. The van der Waals surface area contributed by atoms with Gasteiger partial charge in [-0.25, -0.2) is 40.7 Å². The van der Waals surface area contributed by atoms with Crippen LogP contribution in [0.1, 0.15) is 20.7 Å². The number of halogens is 19. The van der Waals surface area contributed by atoms with Crippen molar-refractivity contribution in [3.63, 3.8) is 0 Å². The zero-order valence-electron chi connectivity index (χ0n) is 30.0. The van der Waals surface area contributed by atoms with Gasteiger partial charge in [0.25, 0.3) is 18.0 Å².